The van der Waals surface area contributed by atoms with Gasteiger partial charge in [0, 0.05) is 30.6 Å². The van der Waals surface area contributed by atoms with Crippen LogP contribution in [0.3, 0.4) is 0 Å². The Balaban J connectivity index is 0.976. The molecule has 38 heavy (non-hydrogen) atoms. The van der Waals surface area contributed by atoms with E-state index >= 15 is 0 Å². The van der Waals surface area contributed by atoms with E-state index in [0.717, 1.165) is 72.4 Å². The summed E-state index contributed by atoms with van der Waals surface area (Å²) >= 11 is 1.71. The standard InChI is InChI=1S/C27H28F3N7S/c1-35-24(20-5-9-22(10-6-20)37-17-31-32-18-37)33-34-25(35)38-14-2-12-36-13-11-26(16-36)15-23(26)19-3-7-21(8-4-19)27(28,29)30/h3-10,17-18,23H,2,11-16H2,1H3. The maximum atomic E-state index is 12.9. The molecule has 0 amide bonds. The Kier molecular flexibility index (Phi) is 6.51. The van der Waals surface area contributed by atoms with Gasteiger partial charge in [-0.2, -0.15) is 13.2 Å². The Labute approximate surface area is 223 Å². The maximum absolute atomic E-state index is 12.9. The van der Waals surface area contributed by atoms with E-state index in [1.807, 2.05) is 40.4 Å². The first-order chi connectivity index (χ1) is 18.3. The molecule has 1 aliphatic heterocycles. The molecule has 0 radical (unpaired) electrons. The highest BCUT2D eigenvalue weighted by atomic mass is 32.2. The molecule has 2 fully saturated rings. The number of hydrogen-bond acceptors (Lipinski definition) is 6. The molecule has 1 saturated heterocycles. The molecule has 2 atom stereocenters. The number of halogens is 3. The minimum Gasteiger partial charge on any atom is -0.305 e. The van der Waals surface area contributed by atoms with Gasteiger partial charge in [0.25, 0.3) is 0 Å². The first-order valence-corrected chi connectivity index (χ1v) is 13.7. The van der Waals surface area contributed by atoms with Crippen LogP contribution >= 0.6 is 11.8 Å². The van der Waals surface area contributed by atoms with Crippen molar-refractivity contribution in [3.05, 3.63) is 72.3 Å². The fourth-order valence-electron chi connectivity index (χ4n) is 5.61. The van der Waals surface area contributed by atoms with Crippen LogP contribution in [0.25, 0.3) is 17.1 Å². The van der Waals surface area contributed by atoms with Crippen LogP contribution in [0.2, 0.25) is 0 Å². The van der Waals surface area contributed by atoms with Crippen LogP contribution < -0.4 is 0 Å². The summed E-state index contributed by atoms with van der Waals surface area (Å²) in [7, 11) is 1.99. The third-order valence-electron chi connectivity index (χ3n) is 7.82. The van der Waals surface area contributed by atoms with Gasteiger partial charge in [-0.3, -0.25) is 4.57 Å². The van der Waals surface area contributed by atoms with Crippen LogP contribution in [0.15, 0.2) is 66.3 Å². The highest BCUT2D eigenvalue weighted by molar-refractivity contribution is 7.99. The van der Waals surface area contributed by atoms with Gasteiger partial charge >= 0.3 is 6.18 Å². The topological polar surface area (TPSA) is 64.7 Å². The van der Waals surface area contributed by atoms with Crippen molar-refractivity contribution < 1.29 is 13.2 Å². The number of thioether (sulfide) groups is 1. The van der Waals surface area contributed by atoms with Crippen LogP contribution in [0.4, 0.5) is 13.2 Å². The summed E-state index contributed by atoms with van der Waals surface area (Å²) in [5, 5.41) is 17.4. The van der Waals surface area contributed by atoms with Gasteiger partial charge in [-0.15, -0.1) is 20.4 Å². The fraction of sp³-hybridized carbons (Fsp3) is 0.407. The summed E-state index contributed by atoms with van der Waals surface area (Å²) < 4.78 is 42.5. The minimum atomic E-state index is -4.28. The number of likely N-dealkylation sites (tertiary alicyclic amines) is 1. The summed E-state index contributed by atoms with van der Waals surface area (Å²) in [6.07, 6.45) is 2.29. The number of alkyl halides is 3. The molecule has 2 aromatic carbocycles. The van der Waals surface area contributed by atoms with E-state index in [2.05, 4.69) is 25.3 Å². The number of benzene rings is 2. The molecule has 6 rings (SSSR count). The van der Waals surface area contributed by atoms with Crippen molar-refractivity contribution in [2.45, 2.75) is 36.5 Å². The lowest BCUT2D eigenvalue weighted by molar-refractivity contribution is -0.137. The number of nitrogens with zero attached hydrogens (tertiary/aromatic N) is 7. The van der Waals surface area contributed by atoms with Gasteiger partial charge in [-0.05, 0) is 85.6 Å². The Morgan fingerprint density at radius 3 is 2.45 bits per heavy atom. The average molecular weight is 540 g/mol. The van der Waals surface area contributed by atoms with Crippen molar-refractivity contribution in [3.8, 4) is 17.1 Å². The average Bonchev–Trinajstić information content (AvgIpc) is 3.29. The van der Waals surface area contributed by atoms with E-state index in [4.69, 9.17) is 0 Å². The molecule has 2 unspecified atom stereocenters. The third kappa shape index (κ3) is 4.96. The molecule has 0 N–H and O–H groups in total. The molecule has 0 bridgehead atoms. The molecule has 1 spiro atoms. The SMILES string of the molecule is Cn1c(SCCCN2CCC3(CC3c3ccc(C(F)(F)F)cc3)C2)nnc1-c1ccc(-n2cnnc2)cc1. The summed E-state index contributed by atoms with van der Waals surface area (Å²) in [4.78, 5) is 2.50. The first-order valence-electron chi connectivity index (χ1n) is 12.7. The van der Waals surface area contributed by atoms with Gasteiger partial charge in [-0.25, -0.2) is 0 Å². The quantitative estimate of drug-likeness (QED) is 0.219. The van der Waals surface area contributed by atoms with Gasteiger partial charge in [-0.1, -0.05) is 23.9 Å². The molecule has 3 heterocycles. The Morgan fingerprint density at radius 1 is 1.00 bits per heavy atom. The Bertz CT molecular complexity index is 1380. The van der Waals surface area contributed by atoms with Gasteiger partial charge in [0.15, 0.2) is 11.0 Å². The summed E-state index contributed by atoms with van der Waals surface area (Å²) in [5.74, 6) is 2.16. The molecular weight excluding hydrogens is 511 g/mol. The Hall–Kier alpha value is -3.18. The van der Waals surface area contributed by atoms with Crippen molar-refractivity contribution in [1.82, 2.24) is 34.4 Å². The van der Waals surface area contributed by atoms with Gasteiger partial charge in [0.05, 0.1) is 5.56 Å². The summed E-state index contributed by atoms with van der Waals surface area (Å²) in [6, 6.07) is 13.8. The van der Waals surface area contributed by atoms with Crippen LogP contribution in [0.1, 0.15) is 36.3 Å². The molecule has 2 aromatic heterocycles. The molecular formula is C27H28F3N7S. The number of aromatic nitrogens is 6. The highest BCUT2D eigenvalue weighted by Crippen LogP contribution is 2.64. The molecule has 7 nitrogen and oxygen atoms in total. The van der Waals surface area contributed by atoms with Crippen LogP contribution in [0, 0.1) is 5.41 Å². The molecule has 11 heteroatoms. The minimum absolute atomic E-state index is 0.245. The van der Waals surface area contributed by atoms with Gasteiger partial charge in [0.2, 0.25) is 0 Å². The summed E-state index contributed by atoms with van der Waals surface area (Å²) in [5.41, 5.74) is 2.70. The lowest BCUT2D eigenvalue weighted by atomic mass is 9.97. The van der Waals surface area contributed by atoms with Crippen molar-refractivity contribution in [2.75, 3.05) is 25.4 Å². The predicted octanol–water partition coefficient (Wildman–Crippen LogP) is 5.44. The van der Waals surface area contributed by atoms with Crippen molar-refractivity contribution in [3.63, 3.8) is 0 Å². The van der Waals surface area contributed by atoms with Gasteiger partial charge in [0.1, 0.15) is 12.7 Å². The second-order valence-corrected chi connectivity index (χ2v) is 11.3. The molecule has 2 aliphatic rings. The predicted molar refractivity (Wildman–Crippen MR) is 139 cm³/mol. The van der Waals surface area contributed by atoms with Crippen molar-refractivity contribution in [1.29, 1.82) is 0 Å². The zero-order valence-electron chi connectivity index (χ0n) is 21.0. The number of hydrogen-bond donors (Lipinski definition) is 0. The zero-order valence-corrected chi connectivity index (χ0v) is 21.8. The molecule has 198 valence electrons. The second kappa shape index (κ2) is 9.85. The largest absolute Gasteiger partial charge is 0.416 e. The molecule has 1 saturated carbocycles. The van der Waals surface area contributed by atoms with E-state index in [-0.39, 0.29) is 5.41 Å². The van der Waals surface area contributed by atoms with Crippen molar-refractivity contribution in [2.24, 2.45) is 12.5 Å². The van der Waals surface area contributed by atoms with Crippen LogP contribution in [-0.2, 0) is 13.2 Å². The summed E-state index contributed by atoms with van der Waals surface area (Å²) in [6.45, 7) is 3.10. The molecule has 1 aliphatic carbocycles. The lowest BCUT2D eigenvalue weighted by Gasteiger charge is -2.16. The molecule has 4 aromatic rings. The third-order valence-corrected chi connectivity index (χ3v) is 8.93. The Morgan fingerprint density at radius 2 is 1.74 bits per heavy atom. The van der Waals surface area contributed by atoms with E-state index in [9.17, 15) is 13.2 Å². The van der Waals surface area contributed by atoms with E-state index in [1.54, 1.807) is 36.5 Å². The normalized spacial score (nSPS) is 21.4. The zero-order chi connectivity index (χ0) is 26.3. The monoisotopic (exact) mass is 539 g/mol. The van der Waals surface area contributed by atoms with E-state index in [0.29, 0.717) is 5.92 Å². The number of rotatable bonds is 8. The lowest BCUT2D eigenvalue weighted by Crippen LogP contribution is -2.23. The maximum Gasteiger partial charge on any atom is 0.416 e. The highest BCUT2D eigenvalue weighted by Gasteiger charge is 2.57. The smallest absolute Gasteiger partial charge is 0.305 e. The van der Waals surface area contributed by atoms with E-state index in [1.165, 1.54) is 12.1 Å². The second-order valence-electron chi connectivity index (χ2n) is 10.2. The van der Waals surface area contributed by atoms with Crippen LogP contribution in [-0.4, -0.2) is 59.8 Å². The first kappa shape index (κ1) is 25.1. The van der Waals surface area contributed by atoms with E-state index < -0.39 is 11.7 Å². The van der Waals surface area contributed by atoms with Gasteiger partial charge < -0.3 is 9.47 Å². The fourth-order valence-corrected chi connectivity index (χ4v) is 6.44. The van der Waals surface area contributed by atoms with Crippen molar-refractivity contribution >= 4 is 11.8 Å². The van der Waals surface area contributed by atoms with Crippen LogP contribution in [0.5, 0.6) is 0 Å².